The molecule has 104 valence electrons. The molecule has 3 heteroatoms. The van der Waals surface area contributed by atoms with Crippen molar-refractivity contribution >= 4 is 11.0 Å². The van der Waals surface area contributed by atoms with Gasteiger partial charge in [-0.25, -0.2) is 0 Å². The molecule has 1 N–H and O–H groups in total. The molecule has 0 unspecified atom stereocenters. The van der Waals surface area contributed by atoms with Crippen molar-refractivity contribution in [1.82, 2.24) is 10.2 Å². The maximum absolute atomic E-state index is 5.53. The summed E-state index contributed by atoms with van der Waals surface area (Å²) in [6.45, 7) is 7.51. The number of furan rings is 1. The summed E-state index contributed by atoms with van der Waals surface area (Å²) in [4.78, 5) is 2.37. The largest absolute Gasteiger partial charge is 0.464 e. The van der Waals surface area contributed by atoms with Crippen molar-refractivity contribution in [1.29, 1.82) is 0 Å². The second-order valence-electron chi connectivity index (χ2n) is 5.36. The van der Waals surface area contributed by atoms with Crippen LogP contribution in [0, 0.1) is 0 Å². The van der Waals surface area contributed by atoms with Crippen LogP contribution in [-0.4, -0.2) is 31.1 Å². The predicted molar refractivity (Wildman–Crippen MR) is 80.3 cm³/mol. The Labute approximate surface area is 115 Å². The minimum absolute atomic E-state index is 0.623. The second-order valence-corrected chi connectivity index (χ2v) is 5.36. The first kappa shape index (κ1) is 14.1. The molecule has 1 heterocycles. The van der Waals surface area contributed by atoms with E-state index in [-0.39, 0.29) is 0 Å². The van der Waals surface area contributed by atoms with Crippen LogP contribution in [-0.2, 0) is 6.54 Å². The SMILES string of the molecule is CC(C)N(C)CCCNCc1coc2ccccc12. The van der Waals surface area contributed by atoms with Gasteiger partial charge >= 0.3 is 0 Å². The third kappa shape index (κ3) is 3.82. The normalized spacial score (nSPS) is 11.8. The number of fused-ring (bicyclic) bond motifs is 1. The molecule has 3 nitrogen and oxygen atoms in total. The van der Waals surface area contributed by atoms with Gasteiger partial charge in [0.15, 0.2) is 0 Å². The minimum atomic E-state index is 0.623. The summed E-state index contributed by atoms with van der Waals surface area (Å²) in [5.41, 5.74) is 2.21. The lowest BCUT2D eigenvalue weighted by Crippen LogP contribution is -2.29. The molecule has 1 aromatic heterocycles. The molecule has 2 aromatic rings. The summed E-state index contributed by atoms with van der Waals surface area (Å²) >= 11 is 0. The highest BCUT2D eigenvalue weighted by atomic mass is 16.3. The van der Waals surface area contributed by atoms with E-state index in [4.69, 9.17) is 4.42 Å². The van der Waals surface area contributed by atoms with Crippen molar-refractivity contribution in [2.75, 3.05) is 20.1 Å². The fourth-order valence-electron chi connectivity index (χ4n) is 2.10. The summed E-state index contributed by atoms with van der Waals surface area (Å²) in [5, 5.41) is 4.70. The van der Waals surface area contributed by atoms with Gasteiger partial charge in [0, 0.05) is 23.5 Å². The van der Waals surface area contributed by atoms with Crippen molar-refractivity contribution in [3.8, 4) is 0 Å². The van der Waals surface area contributed by atoms with Crippen molar-refractivity contribution in [2.24, 2.45) is 0 Å². The van der Waals surface area contributed by atoms with Gasteiger partial charge in [-0.05, 0) is 46.5 Å². The Morgan fingerprint density at radius 3 is 2.84 bits per heavy atom. The Morgan fingerprint density at radius 1 is 1.26 bits per heavy atom. The van der Waals surface area contributed by atoms with Crippen LogP contribution in [0.25, 0.3) is 11.0 Å². The van der Waals surface area contributed by atoms with E-state index >= 15 is 0 Å². The molecule has 0 aliphatic carbocycles. The molecular weight excluding hydrogens is 236 g/mol. The smallest absolute Gasteiger partial charge is 0.134 e. The fourth-order valence-corrected chi connectivity index (χ4v) is 2.10. The number of hydrogen-bond donors (Lipinski definition) is 1. The lowest BCUT2D eigenvalue weighted by atomic mass is 10.2. The highest BCUT2D eigenvalue weighted by Crippen LogP contribution is 2.20. The van der Waals surface area contributed by atoms with Crippen LogP contribution in [0.4, 0.5) is 0 Å². The first-order valence-corrected chi connectivity index (χ1v) is 7.04. The number of nitrogens with zero attached hydrogens (tertiary/aromatic N) is 1. The topological polar surface area (TPSA) is 28.4 Å². The highest BCUT2D eigenvalue weighted by molar-refractivity contribution is 5.80. The molecule has 0 fully saturated rings. The lowest BCUT2D eigenvalue weighted by molar-refractivity contribution is 0.269. The van der Waals surface area contributed by atoms with E-state index in [2.05, 4.69) is 43.2 Å². The van der Waals surface area contributed by atoms with Gasteiger partial charge in [0.05, 0.1) is 6.26 Å². The predicted octanol–water partition coefficient (Wildman–Crippen LogP) is 3.25. The van der Waals surface area contributed by atoms with Gasteiger partial charge in [-0.3, -0.25) is 0 Å². The summed E-state index contributed by atoms with van der Waals surface area (Å²) in [5.74, 6) is 0. The van der Waals surface area contributed by atoms with Gasteiger partial charge in [0.1, 0.15) is 5.58 Å². The number of hydrogen-bond acceptors (Lipinski definition) is 3. The number of nitrogens with one attached hydrogen (secondary N) is 1. The molecule has 0 atom stereocenters. The zero-order chi connectivity index (χ0) is 13.7. The van der Waals surface area contributed by atoms with Gasteiger partial charge in [0.25, 0.3) is 0 Å². The summed E-state index contributed by atoms with van der Waals surface area (Å²) < 4.78 is 5.53. The van der Waals surface area contributed by atoms with Crippen LogP contribution >= 0.6 is 0 Å². The summed E-state index contributed by atoms with van der Waals surface area (Å²) in [6, 6.07) is 8.81. The molecule has 0 radical (unpaired) electrons. The average molecular weight is 260 g/mol. The molecule has 0 bridgehead atoms. The Kier molecular flexibility index (Phi) is 5.00. The summed E-state index contributed by atoms with van der Waals surface area (Å²) in [6.07, 6.45) is 3.03. The van der Waals surface area contributed by atoms with Crippen molar-refractivity contribution in [2.45, 2.75) is 32.9 Å². The molecule has 0 aliphatic heterocycles. The summed E-state index contributed by atoms with van der Waals surface area (Å²) in [7, 11) is 2.17. The zero-order valence-electron chi connectivity index (χ0n) is 12.1. The van der Waals surface area contributed by atoms with E-state index in [1.807, 2.05) is 18.4 Å². The molecule has 0 aliphatic rings. The number of rotatable bonds is 7. The van der Waals surface area contributed by atoms with Crippen LogP contribution < -0.4 is 5.32 Å². The van der Waals surface area contributed by atoms with E-state index in [0.29, 0.717) is 6.04 Å². The number of para-hydroxylation sites is 1. The molecule has 2 rings (SSSR count). The van der Waals surface area contributed by atoms with Gasteiger partial charge in [0.2, 0.25) is 0 Å². The molecule has 1 aromatic carbocycles. The van der Waals surface area contributed by atoms with Crippen molar-refractivity contribution < 1.29 is 4.42 Å². The first-order valence-electron chi connectivity index (χ1n) is 7.04. The fraction of sp³-hybridized carbons (Fsp3) is 0.500. The Bertz CT molecular complexity index is 504. The Hall–Kier alpha value is -1.32. The molecular formula is C16H24N2O. The third-order valence-corrected chi connectivity index (χ3v) is 3.62. The van der Waals surface area contributed by atoms with Gasteiger partial charge in [-0.15, -0.1) is 0 Å². The molecule has 0 amide bonds. The molecule has 0 saturated carbocycles. The standard InChI is InChI=1S/C16H24N2O/c1-13(2)18(3)10-6-9-17-11-14-12-19-16-8-5-4-7-15(14)16/h4-5,7-8,12-13,17H,6,9-11H2,1-3H3. The average Bonchev–Trinajstić information content (AvgIpc) is 2.81. The van der Waals surface area contributed by atoms with Gasteiger partial charge < -0.3 is 14.6 Å². The van der Waals surface area contributed by atoms with Gasteiger partial charge in [-0.1, -0.05) is 18.2 Å². The molecule has 0 spiro atoms. The number of benzene rings is 1. The first-order chi connectivity index (χ1) is 9.18. The van der Waals surface area contributed by atoms with Crippen molar-refractivity contribution in [3.05, 3.63) is 36.1 Å². The minimum Gasteiger partial charge on any atom is -0.464 e. The molecule has 0 saturated heterocycles. The van der Waals surface area contributed by atoms with Crippen LogP contribution in [0.5, 0.6) is 0 Å². The van der Waals surface area contributed by atoms with E-state index < -0.39 is 0 Å². The van der Waals surface area contributed by atoms with Crippen LogP contribution in [0.2, 0.25) is 0 Å². The Balaban J connectivity index is 1.74. The van der Waals surface area contributed by atoms with Crippen molar-refractivity contribution in [3.63, 3.8) is 0 Å². The Morgan fingerprint density at radius 2 is 2.05 bits per heavy atom. The quantitative estimate of drug-likeness (QED) is 0.775. The molecule has 19 heavy (non-hydrogen) atoms. The monoisotopic (exact) mass is 260 g/mol. The third-order valence-electron chi connectivity index (χ3n) is 3.62. The highest BCUT2D eigenvalue weighted by Gasteiger charge is 2.05. The van der Waals surface area contributed by atoms with E-state index in [1.54, 1.807) is 0 Å². The van der Waals surface area contributed by atoms with Crippen LogP contribution in [0.3, 0.4) is 0 Å². The zero-order valence-corrected chi connectivity index (χ0v) is 12.1. The maximum atomic E-state index is 5.53. The van der Waals surface area contributed by atoms with Crippen LogP contribution in [0.15, 0.2) is 34.9 Å². The lowest BCUT2D eigenvalue weighted by Gasteiger charge is -2.20. The second kappa shape index (κ2) is 6.73. The van der Waals surface area contributed by atoms with Crippen LogP contribution in [0.1, 0.15) is 25.8 Å². The van der Waals surface area contributed by atoms with E-state index in [9.17, 15) is 0 Å². The van der Waals surface area contributed by atoms with Gasteiger partial charge in [-0.2, -0.15) is 0 Å². The van der Waals surface area contributed by atoms with E-state index in [1.165, 1.54) is 17.4 Å². The maximum Gasteiger partial charge on any atom is 0.134 e. The van der Waals surface area contributed by atoms with E-state index in [0.717, 1.165) is 25.2 Å².